The van der Waals surface area contributed by atoms with Gasteiger partial charge in [-0.2, -0.15) is 0 Å². The Labute approximate surface area is 113 Å². The normalized spacial score (nSPS) is 10.4. The second kappa shape index (κ2) is 7.54. The van der Waals surface area contributed by atoms with Gasteiger partial charge in [0.2, 0.25) is 0 Å². The summed E-state index contributed by atoms with van der Waals surface area (Å²) in [5, 5.41) is 3.30. The first kappa shape index (κ1) is 13.6. The fourth-order valence-corrected chi connectivity index (χ4v) is 1.74. The third-order valence-electron chi connectivity index (χ3n) is 2.75. The molecule has 0 bridgehead atoms. The lowest BCUT2D eigenvalue weighted by atomic mass is 10.2. The summed E-state index contributed by atoms with van der Waals surface area (Å²) < 4.78 is 18.3. The minimum atomic E-state index is -0.194. The average molecular weight is 259 g/mol. The van der Waals surface area contributed by atoms with Crippen LogP contribution in [0.1, 0.15) is 12.0 Å². The molecule has 19 heavy (non-hydrogen) atoms. The predicted molar refractivity (Wildman–Crippen MR) is 74.7 cm³/mol. The van der Waals surface area contributed by atoms with Crippen molar-refractivity contribution in [2.45, 2.75) is 13.0 Å². The van der Waals surface area contributed by atoms with Gasteiger partial charge < -0.3 is 10.1 Å². The first-order valence-electron chi connectivity index (χ1n) is 6.47. The summed E-state index contributed by atoms with van der Waals surface area (Å²) in [6.07, 6.45) is 0.941. The molecule has 2 aromatic rings. The van der Waals surface area contributed by atoms with Gasteiger partial charge in [-0.05, 0) is 42.8 Å². The zero-order valence-electron chi connectivity index (χ0n) is 10.8. The standard InChI is InChI=1S/C16H18FNO/c17-15-9-7-14(8-10-15)13-18-11-4-12-19-16-5-2-1-3-6-16/h1-3,5-10,18H,4,11-13H2. The first-order chi connectivity index (χ1) is 9.34. The highest BCUT2D eigenvalue weighted by Crippen LogP contribution is 2.08. The van der Waals surface area contributed by atoms with Crippen LogP contribution in [0.15, 0.2) is 54.6 Å². The molecular formula is C16H18FNO. The van der Waals surface area contributed by atoms with Crippen LogP contribution in [0.2, 0.25) is 0 Å². The van der Waals surface area contributed by atoms with E-state index in [1.165, 1.54) is 12.1 Å². The van der Waals surface area contributed by atoms with Crippen LogP contribution in [0.3, 0.4) is 0 Å². The highest BCUT2D eigenvalue weighted by atomic mass is 19.1. The summed E-state index contributed by atoms with van der Waals surface area (Å²) in [6, 6.07) is 16.3. The molecule has 0 atom stereocenters. The molecule has 2 rings (SSSR count). The average Bonchev–Trinajstić information content (AvgIpc) is 2.46. The van der Waals surface area contributed by atoms with Gasteiger partial charge in [0.1, 0.15) is 11.6 Å². The topological polar surface area (TPSA) is 21.3 Å². The monoisotopic (exact) mass is 259 g/mol. The van der Waals surface area contributed by atoms with Crippen LogP contribution >= 0.6 is 0 Å². The van der Waals surface area contributed by atoms with E-state index in [1.54, 1.807) is 12.1 Å². The zero-order chi connectivity index (χ0) is 13.3. The maximum Gasteiger partial charge on any atom is 0.123 e. The second-order valence-electron chi connectivity index (χ2n) is 4.32. The van der Waals surface area contributed by atoms with E-state index >= 15 is 0 Å². The number of rotatable bonds is 7. The number of hydrogen-bond acceptors (Lipinski definition) is 2. The molecule has 0 spiro atoms. The van der Waals surface area contributed by atoms with Gasteiger partial charge in [0.25, 0.3) is 0 Å². The Hall–Kier alpha value is -1.87. The number of halogens is 1. The molecule has 0 heterocycles. The first-order valence-corrected chi connectivity index (χ1v) is 6.47. The summed E-state index contributed by atoms with van der Waals surface area (Å²) in [6.45, 7) is 2.33. The van der Waals surface area contributed by atoms with Crippen molar-refractivity contribution in [3.63, 3.8) is 0 Å². The highest BCUT2D eigenvalue weighted by molar-refractivity contribution is 5.20. The van der Waals surface area contributed by atoms with Crippen LogP contribution in [0.4, 0.5) is 4.39 Å². The maximum atomic E-state index is 12.7. The van der Waals surface area contributed by atoms with Gasteiger partial charge in [0.05, 0.1) is 6.61 Å². The van der Waals surface area contributed by atoms with Crippen LogP contribution in [0, 0.1) is 5.82 Å². The van der Waals surface area contributed by atoms with Crippen LogP contribution in [-0.4, -0.2) is 13.2 Å². The molecule has 2 nitrogen and oxygen atoms in total. The summed E-state index contributed by atoms with van der Waals surface area (Å²) >= 11 is 0. The van der Waals surface area contributed by atoms with Crippen molar-refractivity contribution in [2.75, 3.05) is 13.2 Å². The van der Waals surface area contributed by atoms with Crippen molar-refractivity contribution in [1.82, 2.24) is 5.32 Å². The molecule has 0 radical (unpaired) electrons. The van der Waals surface area contributed by atoms with Crippen molar-refractivity contribution in [2.24, 2.45) is 0 Å². The minimum absolute atomic E-state index is 0.194. The Bertz CT molecular complexity index is 470. The van der Waals surface area contributed by atoms with Crippen LogP contribution in [0.25, 0.3) is 0 Å². The van der Waals surface area contributed by atoms with Crippen molar-refractivity contribution in [3.05, 3.63) is 66.0 Å². The third-order valence-corrected chi connectivity index (χ3v) is 2.75. The summed E-state index contributed by atoms with van der Waals surface area (Å²) in [7, 11) is 0. The molecule has 0 aliphatic carbocycles. The molecule has 0 saturated heterocycles. The summed E-state index contributed by atoms with van der Waals surface area (Å²) in [5.74, 6) is 0.709. The molecule has 3 heteroatoms. The van der Waals surface area contributed by atoms with Gasteiger partial charge in [-0.25, -0.2) is 4.39 Å². The van der Waals surface area contributed by atoms with Gasteiger partial charge in [0.15, 0.2) is 0 Å². The Morgan fingerprint density at radius 1 is 0.947 bits per heavy atom. The Kier molecular flexibility index (Phi) is 5.38. The lowest BCUT2D eigenvalue weighted by Gasteiger charge is -2.07. The lowest BCUT2D eigenvalue weighted by molar-refractivity contribution is 0.308. The number of nitrogens with one attached hydrogen (secondary N) is 1. The van der Waals surface area contributed by atoms with E-state index in [0.29, 0.717) is 6.61 Å². The summed E-state index contributed by atoms with van der Waals surface area (Å²) in [4.78, 5) is 0. The van der Waals surface area contributed by atoms with E-state index in [1.807, 2.05) is 30.3 Å². The number of para-hydroxylation sites is 1. The van der Waals surface area contributed by atoms with E-state index in [2.05, 4.69) is 5.32 Å². The van der Waals surface area contributed by atoms with Gasteiger partial charge in [0, 0.05) is 6.54 Å². The molecule has 100 valence electrons. The van der Waals surface area contributed by atoms with Crippen molar-refractivity contribution in [3.8, 4) is 5.75 Å². The third kappa shape index (κ3) is 5.10. The van der Waals surface area contributed by atoms with Gasteiger partial charge in [-0.15, -0.1) is 0 Å². The van der Waals surface area contributed by atoms with E-state index in [-0.39, 0.29) is 5.82 Å². The largest absolute Gasteiger partial charge is 0.494 e. The van der Waals surface area contributed by atoms with Crippen LogP contribution < -0.4 is 10.1 Å². The molecule has 1 N–H and O–H groups in total. The number of hydrogen-bond donors (Lipinski definition) is 1. The number of ether oxygens (including phenoxy) is 1. The van der Waals surface area contributed by atoms with Crippen LogP contribution in [0.5, 0.6) is 5.75 Å². The van der Waals surface area contributed by atoms with E-state index < -0.39 is 0 Å². The van der Waals surface area contributed by atoms with E-state index in [4.69, 9.17) is 4.74 Å². The Balaban J connectivity index is 1.56. The predicted octanol–water partition coefficient (Wildman–Crippen LogP) is 3.38. The fourth-order valence-electron chi connectivity index (χ4n) is 1.74. The molecule has 0 amide bonds. The van der Waals surface area contributed by atoms with E-state index in [9.17, 15) is 4.39 Å². The van der Waals surface area contributed by atoms with Crippen molar-refractivity contribution in [1.29, 1.82) is 0 Å². The van der Waals surface area contributed by atoms with Gasteiger partial charge >= 0.3 is 0 Å². The van der Waals surface area contributed by atoms with Crippen molar-refractivity contribution < 1.29 is 9.13 Å². The molecule has 0 aliphatic heterocycles. The van der Waals surface area contributed by atoms with E-state index in [0.717, 1.165) is 30.8 Å². The van der Waals surface area contributed by atoms with Gasteiger partial charge in [-0.3, -0.25) is 0 Å². The molecule has 0 aromatic heterocycles. The summed E-state index contributed by atoms with van der Waals surface area (Å²) in [5.41, 5.74) is 1.09. The van der Waals surface area contributed by atoms with Crippen LogP contribution in [-0.2, 0) is 6.54 Å². The smallest absolute Gasteiger partial charge is 0.123 e. The zero-order valence-corrected chi connectivity index (χ0v) is 10.8. The number of benzene rings is 2. The van der Waals surface area contributed by atoms with Gasteiger partial charge in [-0.1, -0.05) is 30.3 Å². The Morgan fingerprint density at radius 2 is 1.68 bits per heavy atom. The highest BCUT2D eigenvalue weighted by Gasteiger charge is 1.95. The lowest BCUT2D eigenvalue weighted by Crippen LogP contribution is -2.17. The molecular weight excluding hydrogens is 241 g/mol. The maximum absolute atomic E-state index is 12.7. The second-order valence-corrected chi connectivity index (χ2v) is 4.32. The van der Waals surface area contributed by atoms with Crippen molar-refractivity contribution >= 4 is 0 Å². The minimum Gasteiger partial charge on any atom is -0.494 e. The molecule has 0 fully saturated rings. The SMILES string of the molecule is Fc1ccc(CNCCCOc2ccccc2)cc1. The molecule has 2 aromatic carbocycles. The Morgan fingerprint density at radius 3 is 2.42 bits per heavy atom. The molecule has 0 aliphatic rings. The molecule has 0 saturated carbocycles. The quantitative estimate of drug-likeness (QED) is 0.770. The fraction of sp³-hybridized carbons (Fsp3) is 0.250. The molecule has 0 unspecified atom stereocenters.